The van der Waals surface area contributed by atoms with E-state index < -0.39 is 0 Å². The van der Waals surface area contributed by atoms with Crippen molar-refractivity contribution in [3.05, 3.63) is 74.8 Å². The van der Waals surface area contributed by atoms with Crippen molar-refractivity contribution in [2.45, 2.75) is 45.6 Å². The maximum Gasteiger partial charge on any atom is 0.202 e. The third-order valence-electron chi connectivity index (χ3n) is 6.48. The lowest BCUT2D eigenvalue weighted by Crippen LogP contribution is -2.34. The summed E-state index contributed by atoms with van der Waals surface area (Å²) in [6.45, 7) is 6.25. The van der Waals surface area contributed by atoms with Gasteiger partial charge < -0.3 is 9.52 Å². The molecular weight excluding hydrogens is 434 g/mol. The predicted octanol–water partition coefficient (Wildman–Crippen LogP) is 5.27. The standard InChI is InChI=1S/C26H27N3O3S/c1-3-17-10-20-24(31)22(26-28-16(2)15-33-26)14-32-25(20)21(23(17)30)13-29-9-5-7-19(12-29)18-6-4-8-27-11-18/h4,6,8,10-11,14-15,19,30H,3,5,7,9,12-13H2,1-2H3/t19-/m1/s1. The van der Waals surface area contributed by atoms with Crippen molar-refractivity contribution in [1.82, 2.24) is 14.9 Å². The van der Waals surface area contributed by atoms with Gasteiger partial charge in [-0.3, -0.25) is 14.7 Å². The molecular formula is C26H27N3O3S. The monoisotopic (exact) mass is 461 g/mol. The van der Waals surface area contributed by atoms with E-state index in [9.17, 15) is 9.90 Å². The predicted molar refractivity (Wildman–Crippen MR) is 131 cm³/mol. The lowest BCUT2D eigenvalue weighted by Gasteiger charge is -2.33. The van der Waals surface area contributed by atoms with Crippen molar-refractivity contribution < 1.29 is 9.52 Å². The van der Waals surface area contributed by atoms with E-state index in [4.69, 9.17) is 4.42 Å². The fourth-order valence-electron chi connectivity index (χ4n) is 4.75. The molecule has 0 spiro atoms. The highest BCUT2D eigenvalue weighted by Gasteiger charge is 2.25. The Labute approximate surface area is 196 Å². The summed E-state index contributed by atoms with van der Waals surface area (Å²) in [6, 6.07) is 5.89. The first-order chi connectivity index (χ1) is 16.0. The van der Waals surface area contributed by atoms with E-state index in [2.05, 4.69) is 20.9 Å². The third-order valence-corrected chi connectivity index (χ3v) is 7.48. The molecule has 33 heavy (non-hydrogen) atoms. The number of aromatic nitrogens is 2. The molecule has 0 unspecified atom stereocenters. The first kappa shape index (κ1) is 21.8. The summed E-state index contributed by atoms with van der Waals surface area (Å²) in [5, 5.41) is 14.2. The van der Waals surface area contributed by atoms with Crippen LogP contribution >= 0.6 is 11.3 Å². The van der Waals surface area contributed by atoms with Crippen LogP contribution in [-0.4, -0.2) is 33.1 Å². The number of pyridine rings is 1. The molecule has 3 aromatic heterocycles. The molecule has 1 aromatic carbocycles. The number of aromatic hydroxyl groups is 1. The zero-order valence-electron chi connectivity index (χ0n) is 18.9. The minimum atomic E-state index is -0.103. The van der Waals surface area contributed by atoms with Crippen LogP contribution in [-0.2, 0) is 13.0 Å². The van der Waals surface area contributed by atoms with Crippen LogP contribution in [0.5, 0.6) is 5.75 Å². The number of piperidine rings is 1. The van der Waals surface area contributed by atoms with Crippen LogP contribution in [0.3, 0.4) is 0 Å². The number of rotatable bonds is 5. The first-order valence-electron chi connectivity index (χ1n) is 11.4. The molecule has 7 heteroatoms. The topological polar surface area (TPSA) is 79.5 Å². The smallest absolute Gasteiger partial charge is 0.202 e. The van der Waals surface area contributed by atoms with E-state index in [1.807, 2.05) is 31.5 Å². The molecule has 1 fully saturated rings. The number of phenols is 1. The van der Waals surface area contributed by atoms with Gasteiger partial charge in [-0.1, -0.05) is 13.0 Å². The van der Waals surface area contributed by atoms with E-state index >= 15 is 0 Å². The lowest BCUT2D eigenvalue weighted by molar-refractivity contribution is 0.198. The zero-order valence-corrected chi connectivity index (χ0v) is 19.7. The number of fused-ring (bicyclic) bond motifs is 1. The molecule has 1 aliphatic heterocycles. The molecule has 0 bridgehead atoms. The minimum Gasteiger partial charge on any atom is -0.507 e. The average molecular weight is 462 g/mol. The zero-order chi connectivity index (χ0) is 22.9. The second-order valence-corrected chi connectivity index (χ2v) is 9.58. The highest BCUT2D eigenvalue weighted by atomic mass is 32.1. The van der Waals surface area contributed by atoms with E-state index in [1.54, 1.807) is 12.3 Å². The molecule has 6 nitrogen and oxygen atoms in total. The molecule has 1 saturated heterocycles. The number of aryl methyl sites for hydroxylation is 2. The number of nitrogens with zero attached hydrogens (tertiary/aromatic N) is 3. The van der Waals surface area contributed by atoms with Crippen molar-refractivity contribution >= 4 is 22.3 Å². The second-order valence-electron chi connectivity index (χ2n) is 8.73. The van der Waals surface area contributed by atoms with Gasteiger partial charge in [0.15, 0.2) is 0 Å². The number of phenolic OH excluding ortho intramolecular Hbond substituents is 1. The van der Waals surface area contributed by atoms with Crippen molar-refractivity contribution in [1.29, 1.82) is 0 Å². The van der Waals surface area contributed by atoms with E-state index in [0.29, 0.717) is 46.0 Å². The molecule has 170 valence electrons. The lowest BCUT2D eigenvalue weighted by atomic mass is 9.91. The van der Waals surface area contributed by atoms with Crippen LogP contribution in [0.2, 0.25) is 0 Å². The molecule has 1 N–H and O–H groups in total. The average Bonchev–Trinajstić information content (AvgIpc) is 3.27. The maximum absolute atomic E-state index is 13.4. The fraction of sp³-hybridized carbons (Fsp3) is 0.346. The van der Waals surface area contributed by atoms with Gasteiger partial charge in [0.25, 0.3) is 0 Å². The summed E-state index contributed by atoms with van der Waals surface area (Å²) in [4.78, 5) is 24.5. The van der Waals surface area contributed by atoms with Crippen molar-refractivity contribution in [2.24, 2.45) is 0 Å². The minimum absolute atomic E-state index is 0.103. The SMILES string of the molecule is CCc1cc2c(=O)c(-c3nc(C)cs3)coc2c(CN2CCC[C@@H](c3cccnc3)C2)c1O. The molecule has 4 aromatic rings. The summed E-state index contributed by atoms with van der Waals surface area (Å²) in [5.41, 5.74) is 4.41. The van der Waals surface area contributed by atoms with Crippen LogP contribution in [0, 0.1) is 6.92 Å². The molecule has 0 saturated carbocycles. The van der Waals surface area contributed by atoms with Crippen LogP contribution < -0.4 is 5.43 Å². The second kappa shape index (κ2) is 9.08. The van der Waals surface area contributed by atoms with Crippen LogP contribution in [0.4, 0.5) is 0 Å². The van der Waals surface area contributed by atoms with Gasteiger partial charge in [0.1, 0.15) is 22.6 Å². The molecule has 0 radical (unpaired) electrons. The van der Waals surface area contributed by atoms with Crippen LogP contribution in [0.25, 0.3) is 21.5 Å². The largest absolute Gasteiger partial charge is 0.507 e. The molecule has 0 aliphatic carbocycles. The van der Waals surface area contributed by atoms with Crippen molar-refractivity contribution in [3.8, 4) is 16.3 Å². The molecule has 1 aliphatic rings. The Morgan fingerprint density at radius 3 is 2.97 bits per heavy atom. The van der Waals surface area contributed by atoms with E-state index in [-0.39, 0.29) is 11.2 Å². The number of benzene rings is 1. The van der Waals surface area contributed by atoms with E-state index in [0.717, 1.165) is 37.2 Å². The summed E-state index contributed by atoms with van der Waals surface area (Å²) in [5.74, 6) is 0.636. The number of hydrogen-bond donors (Lipinski definition) is 1. The van der Waals surface area contributed by atoms with Gasteiger partial charge in [-0.05, 0) is 61.9 Å². The summed E-state index contributed by atoms with van der Waals surface area (Å²) in [6.07, 6.45) is 8.06. The Balaban J connectivity index is 1.54. The van der Waals surface area contributed by atoms with Gasteiger partial charge in [0.05, 0.1) is 16.5 Å². The van der Waals surface area contributed by atoms with Gasteiger partial charge in [0, 0.05) is 36.6 Å². The third kappa shape index (κ3) is 4.18. The maximum atomic E-state index is 13.4. The Morgan fingerprint density at radius 2 is 2.24 bits per heavy atom. The summed E-state index contributed by atoms with van der Waals surface area (Å²) in [7, 11) is 0. The normalized spacial score (nSPS) is 17.0. The Bertz CT molecular complexity index is 1350. The molecule has 1 atom stereocenters. The van der Waals surface area contributed by atoms with E-state index in [1.165, 1.54) is 23.2 Å². The van der Waals surface area contributed by atoms with Gasteiger partial charge in [-0.25, -0.2) is 4.98 Å². The number of thiazole rings is 1. The fourth-order valence-corrected chi connectivity index (χ4v) is 5.54. The highest BCUT2D eigenvalue weighted by molar-refractivity contribution is 7.13. The van der Waals surface area contributed by atoms with Gasteiger partial charge in [-0.15, -0.1) is 11.3 Å². The summed E-state index contributed by atoms with van der Waals surface area (Å²) >= 11 is 1.44. The van der Waals surface area contributed by atoms with Gasteiger partial charge >= 0.3 is 0 Å². The quantitative estimate of drug-likeness (QED) is 0.436. The number of likely N-dealkylation sites (tertiary alicyclic amines) is 1. The van der Waals surface area contributed by atoms with Gasteiger partial charge in [0.2, 0.25) is 5.43 Å². The van der Waals surface area contributed by atoms with Crippen molar-refractivity contribution in [2.75, 3.05) is 13.1 Å². The molecule has 5 rings (SSSR count). The van der Waals surface area contributed by atoms with Crippen molar-refractivity contribution in [3.63, 3.8) is 0 Å². The Hall–Kier alpha value is -3.03. The number of hydrogen-bond acceptors (Lipinski definition) is 7. The highest BCUT2D eigenvalue weighted by Crippen LogP contribution is 2.35. The Kier molecular flexibility index (Phi) is 6.00. The van der Waals surface area contributed by atoms with Crippen LogP contribution in [0.15, 0.2) is 51.4 Å². The molecule has 4 heterocycles. The first-order valence-corrected chi connectivity index (χ1v) is 12.3. The van der Waals surface area contributed by atoms with Gasteiger partial charge in [-0.2, -0.15) is 0 Å². The summed E-state index contributed by atoms with van der Waals surface area (Å²) < 4.78 is 6.02. The molecule has 0 amide bonds. The Morgan fingerprint density at radius 1 is 1.36 bits per heavy atom. The van der Waals surface area contributed by atoms with Crippen LogP contribution in [0.1, 0.15) is 48.1 Å².